The Labute approximate surface area is 154 Å². The van der Waals surface area contributed by atoms with Gasteiger partial charge in [0.1, 0.15) is 16.9 Å². The monoisotopic (exact) mass is 434 g/mol. The fourth-order valence-corrected chi connectivity index (χ4v) is 3.80. The van der Waals surface area contributed by atoms with E-state index >= 15 is 0 Å². The van der Waals surface area contributed by atoms with Crippen molar-refractivity contribution in [1.82, 2.24) is 0 Å². The number of alkyl halides is 3. The van der Waals surface area contributed by atoms with Crippen LogP contribution in [0.15, 0.2) is 45.8 Å². The van der Waals surface area contributed by atoms with Gasteiger partial charge in [-0.2, -0.15) is 0 Å². The van der Waals surface area contributed by atoms with E-state index in [9.17, 15) is 22.5 Å². The van der Waals surface area contributed by atoms with E-state index in [1.165, 1.54) is 12.1 Å². The van der Waals surface area contributed by atoms with Crippen LogP contribution in [-0.4, -0.2) is 23.0 Å². The molecule has 0 fully saturated rings. The van der Waals surface area contributed by atoms with Gasteiger partial charge in [-0.15, -0.1) is 13.2 Å². The van der Waals surface area contributed by atoms with E-state index in [4.69, 9.17) is 0 Å². The lowest BCUT2D eigenvalue weighted by Gasteiger charge is -2.18. The van der Waals surface area contributed by atoms with Gasteiger partial charge in [0, 0.05) is 22.8 Å². The zero-order valence-electron chi connectivity index (χ0n) is 13.2. The largest absolute Gasteiger partial charge is 0.604 e. The SMILES string of the molecule is CNc1cccc(C(=O)Nc2c(Br)cc(C)cc2[S+]([O-])C(F)(F)F)c1. The molecule has 0 bridgehead atoms. The van der Waals surface area contributed by atoms with Gasteiger partial charge in [-0.05, 0) is 58.7 Å². The summed E-state index contributed by atoms with van der Waals surface area (Å²) in [5, 5.41) is 5.29. The zero-order chi connectivity index (χ0) is 18.8. The first kappa shape index (κ1) is 19.6. The fourth-order valence-electron chi connectivity index (χ4n) is 2.10. The van der Waals surface area contributed by atoms with Crippen LogP contribution in [-0.2, 0) is 11.2 Å². The van der Waals surface area contributed by atoms with Gasteiger partial charge in [0.05, 0.1) is 0 Å². The van der Waals surface area contributed by atoms with Crippen LogP contribution in [0, 0.1) is 6.92 Å². The van der Waals surface area contributed by atoms with Gasteiger partial charge < -0.3 is 15.2 Å². The molecule has 134 valence electrons. The van der Waals surface area contributed by atoms with Crippen molar-refractivity contribution in [2.24, 2.45) is 0 Å². The molecule has 0 aliphatic heterocycles. The Kier molecular flexibility index (Phi) is 6.02. The van der Waals surface area contributed by atoms with Crippen LogP contribution in [0.25, 0.3) is 0 Å². The van der Waals surface area contributed by atoms with E-state index in [2.05, 4.69) is 26.6 Å². The Hall–Kier alpha value is -1.71. The normalized spacial score (nSPS) is 12.6. The maximum Gasteiger partial charge on any atom is 0.578 e. The molecule has 0 aromatic heterocycles. The maximum atomic E-state index is 12.9. The van der Waals surface area contributed by atoms with Crippen LogP contribution in [0.1, 0.15) is 15.9 Å². The van der Waals surface area contributed by atoms with Crippen molar-refractivity contribution < 1.29 is 22.5 Å². The number of hydrogen-bond acceptors (Lipinski definition) is 3. The van der Waals surface area contributed by atoms with E-state index in [1.54, 1.807) is 32.2 Å². The lowest BCUT2D eigenvalue weighted by molar-refractivity contribution is -0.0435. The average Bonchev–Trinajstić information content (AvgIpc) is 2.55. The smallest absolute Gasteiger partial charge is 0.578 e. The second kappa shape index (κ2) is 7.67. The Morgan fingerprint density at radius 1 is 1.24 bits per heavy atom. The van der Waals surface area contributed by atoms with Crippen LogP contribution in [0.4, 0.5) is 24.5 Å². The third kappa shape index (κ3) is 4.68. The molecule has 2 rings (SSSR count). The summed E-state index contributed by atoms with van der Waals surface area (Å²) in [6, 6.07) is 9.14. The van der Waals surface area contributed by atoms with Crippen LogP contribution >= 0.6 is 15.9 Å². The van der Waals surface area contributed by atoms with E-state index in [1.807, 2.05) is 0 Å². The minimum Gasteiger partial charge on any atom is -0.604 e. The molecule has 0 heterocycles. The molecule has 0 radical (unpaired) electrons. The quantitative estimate of drug-likeness (QED) is 0.686. The third-order valence-electron chi connectivity index (χ3n) is 3.26. The first-order chi connectivity index (χ1) is 11.6. The Balaban J connectivity index is 2.43. The molecule has 1 unspecified atom stereocenters. The highest BCUT2D eigenvalue weighted by molar-refractivity contribution is 9.10. The summed E-state index contributed by atoms with van der Waals surface area (Å²) in [4.78, 5) is 11.9. The van der Waals surface area contributed by atoms with Crippen LogP contribution in [0.2, 0.25) is 0 Å². The van der Waals surface area contributed by atoms with Crippen molar-refractivity contribution in [2.75, 3.05) is 17.7 Å². The number of halogens is 4. The molecule has 0 saturated heterocycles. The molecule has 25 heavy (non-hydrogen) atoms. The number of hydrogen-bond donors (Lipinski definition) is 2. The van der Waals surface area contributed by atoms with Crippen molar-refractivity contribution in [1.29, 1.82) is 0 Å². The predicted molar refractivity (Wildman–Crippen MR) is 95.3 cm³/mol. The average molecular weight is 435 g/mol. The van der Waals surface area contributed by atoms with E-state index in [0.717, 1.165) is 6.07 Å². The predicted octanol–water partition coefficient (Wildman–Crippen LogP) is 4.68. The number of anilines is 2. The minimum absolute atomic E-state index is 0.166. The Morgan fingerprint density at radius 2 is 1.92 bits per heavy atom. The molecule has 0 aliphatic carbocycles. The molecule has 4 nitrogen and oxygen atoms in total. The number of benzene rings is 2. The van der Waals surface area contributed by atoms with Gasteiger partial charge in [0.2, 0.25) is 0 Å². The molecule has 0 saturated carbocycles. The van der Waals surface area contributed by atoms with Crippen LogP contribution in [0.5, 0.6) is 0 Å². The summed E-state index contributed by atoms with van der Waals surface area (Å²) in [6.07, 6.45) is 0. The second-order valence-electron chi connectivity index (χ2n) is 5.12. The van der Waals surface area contributed by atoms with E-state index in [-0.39, 0.29) is 15.7 Å². The summed E-state index contributed by atoms with van der Waals surface area (Å²) < 4.78 is 50.7. The second-order valence-corrected chi connectivity index (χ2v) is 7.41. The molecule has 0 aliphatic rings. The van der Waals surface area contributed by atoms with E-state index < -0.39 is 27.5 Å². The molecular weight excluding hydrogens is 421 g/mol. The summed E-state index contributed by atoms with van der Waals surface area (Å²) in [5.41, 5.74) is -3.69. The molecule has 1 amide bonds. The molecule has 2 N–H and O–H groups in total. The lowest BCUT2D eigenvalue weighted by atomic mass is 10.1. The van der Waals surface area contributed by atoms with Crippen molar-refractivity contribution in [3.63, 3.8) is 0 Å². The maximum absolute atomic E-state index is 12.9. The van der Waals surface area contributed by atoms with Crippen molar-refractivity contribution >= 4 is 44.4 Å². The van der Waals surface area contributed by atoms with Gasteiger partial charge in [0.15, 0.2) is 4.90 Å². The van der Waals surface area contributed by atoms with Gasteiger partial charge in [-0.1, -0.05) is 6.07 Å². The van der Waals surface area contributed by atoms with Crippen molar-refractivity contribution in [3.8, 4) is 0 Å². The first-order valence-corrected chi connectivity index (χ1v) is 8.95. The van der Waals surface area contributed by atoms with E-state index in [0.29, 0.717) is 11.3 Å². The molecule has 1 atom stereocenters. The zero-order valence-corrected chi connectivity index (χ0v) is 15.6. The molecule has 2 aromatic rings. The van der Waals surface area contributed by atoms with Crippen molar-refractivity contribution in [3.05, 3.63) is 52.0 Å². The Morgan fingerprint density at radius 3 is 2.52 bits per heavy atom. The molecule has 2 aromatic carbocycles. The number of nitrogens with one attached hydrogen (secondary N) is 2. The van der Waals surface area contributed by atoms with Gasteiger partial charge in [-0.3, -0.25) is 4.79 Å². The number of carbonyl (C=O) groups excluding carboxylic acids is 1. The summed E-state index contributed by atoms with van der Waals surface area (Å²) in [6.45, 7) is 1.57. The fraction of sp³-hybridized carbons (Fsp3) is 0.188. The van der Waals surface area contributed by atoms with Gasteiger partial charge >= 0.3 is 5.51 Å². The first-order valence-electron chi connectivity index (χ1n) is 7.01. The highest BCUT2D eigenvalue weighted by Crippen LogP contribution is 2.38. The highest BCUT2D eigenvalue weighted by Gasteiger charge is 2.47. The molecule has 9 heteroatoms. The lowest BCUT2D eigenvalue weighted by Crippen LogP contribution is -2.25. The number of rotatable bonds is 4. The standard InChI is InChI=1S/C16H14BrF3N2O2S/c1-9-6-12(17)14(13(7-9)25(24)16(18,19)20)22-15(23)10-4-3-5-11(8-10)21-2/h3-8,21H,1-2H3,(H,22,23). The number of amides is 1. The summed E-state index contributed by atoms with van der Waals surface area (Å²) >= 11 is -0.135. The van der Waals surface area contributed by atoms with Crippen LogP contribution < -0.4 is 10.6 Å². The third-order valence-corrected chi connectivity index (χ3v) is 5.03. The molecule has 0 spiro atoms. The summed E-state index contributed by atoms with van der Waals surface area (Å²) in [7, 11) is 1.68. The topological polar surface area (TPSA) is 64.2 Å². The molecular formula is C16H14BrF3N2O2S. The highest BCUT2D eigenvalue weighted by atomic mass is 79.9. The summed E-state index contributed by atoms with van der Waals surface area (Å²) in [5.74, 6) is -0.609. The minimum atomic E-state index is -4.93. The van der Waals surface area contributed by atoms with Gasteiger partial charge in [-0.25, -0.2) is 0 Å². The van der Waals surface area contributed by atoms with Crippen molar-refractivity contribution in [2.45, 2.75) is 17.3 Å². The Bertz CT molecular complexity index is 799. The number of aryl methyl sites for hydroxylation is 1. The van der Waals surface area contributed by atoms with Gasteiger partial charge in [0.25, 0.3) is 5.91 Å². The number of carbonyl (C=O) groups is 1. The van der Waals surface area contributed by atoms with Crippen LogP contribution in [0.3, 0.4) is 0 Å².